The van der Waals surface area contributed by atoms with Crippen molar-refractivity contribution < 1.29 is 4.79 Å². The second kappa shape index (κ2) is 5.36. The average Bonchev–Trinajstić information content (AvgIpc) is 2.82. The van der Waals surface area contributed by atoms with Crippen LogP contribution >= 0.6 is 0 Å². The zero-order valence-corrected chi connectivity index (χ0v) is 10.8. The number of nitrogens with one attached hydrogen (secondary N) is 1. The monoisotopic (exact) mass is 254 g/mol. The molecule has 5 nitrogen and oxygen atoms in total. The predicted octanol–water partition coefficient (Wildman–Crippen LogP) is 1.88. The maximum atomic E-state index is 12.0. The molecule has 0 radical (unpaired) electrons. The van der Waals surface area contributed by atoms with Crippen LogP contribution in [0.4, 0.5) is 0 Å². The van der Waals surface area contributed by atoms with Gasteiger partial charge in [-0.2, -0.15) is 10.4 Å². The second-order valence-corrected chi connectivity index (χ2v) is 4.39. The Labute approximate surface area is 111 Å². The third-order valence-corrected chi connectivity index (χ3v) is 2.54. The minimum absolute atomic E-state index is 0.0131. The van der Waals surface area contributed by atoms with Gasteiger partial charge in [0.1, 0.15) is 6.07 Å². The number of aromatic nitrogens is 2. The molecule has 0 aliphatic heterocycles. The number of nitriles is 1. The molecule has 1 N–H and O–H groups in total. The number of hydrogen-bond acceptors (Lipinski definition) is 3. The summed E-state index contributed by atoms with van der Waals surface area (Å²) in [6, 6.07) is 11.3. The molecule has 0 aliphatic rings. The van der Waals surface area contributed by atoms with Crippen molar-refractivity contribution in [1.82, 2.24) is 15.1 Å². The van der Waals surface area contributed by atoms with Crippen molar-refractivity contribution in [2.75, 3.05) is 0 Å². The lowest BCUT2D eigenvalue weighted by molar-refractivity contribution is 0.0943. The molecule has 96 valence electrons. The summed E-state index contributed by atoms with van der Waals surface area (Å²) in [5.41, 5.74) is 1.28. The fraction of sp³-hybridized carbons (Fsp3) is 0.214. The van der Waals surface area contributed by atoms with Gasteiger partial charge in [-0.15, -0.1) is 0 Å². The minimum atomic E-state index is -0.284. The smallest absolute Gasteiger partial charge is 0.256 e. The summed E-state index contributed by atoms with van der Waals surface area (Å²) in [7, 11) is 0. The van der Waals surface area contributed by atoms with Crippen molar-refractivity contribution in [2.45, 2.75) is 19.9 Å². The van der Waals surface area contributed by atoms with Crippen LogP contribution in [-0.4, -0.2) is 21.7 Å². The van der Waals surface area contributed by atoms with E-state index in [1.807, 2.05) is 50.2 Å². The van der Waals surface area contributed by atoms with E-state index in [9.17, 15) is 10.1 Å². The molecule has 0 atom stereocenters. The first-order chi connectivity index (χ1) is 9.13. The molecule has 0 fully saturated rings. The van der Waals surface area contributed by atoms with Crippen molar-refractivity contribution >= 4 is 5.91 Å². The Bertz CT molecular complexity index is 623. The van der Waals surface area contributed by atoms with Crippen LogP contribution in [0.25, 0.3) is 5.69 Å². The van der Waals surface area contributed by atoms with E-state index < -0.39 is 0 Å². The quantitative estimate of drug-likeness (QED) is 0.909. The molecule has 0 bridgehead atoms. The molecule has 0 saturated carbocycles. The molecular formula is C14H14N4O. The molecule has 0 spiro atoms. The topological polar surface area (TPSA) is 70.7 Å². The van der Waals surface area contributed by atoms with E-state index in [4.69, 9.17) is 0 Å². The van der Waals surface area contributed by atoms with Crippen LogP contribution in [-0.2, 0) is 0 Å². The highest BCUT2D eigenvalue weighted by molar-refractivity contribution is 5.96. The van der Waals surface area contributed by atoms with Gasteiger partial charge in [-0.3, -0.25) is 4.79 Å². The molecule has 5 heteroatoms. The number of nitrogens with zero attached hydrogens (tertiary/aromatic N) is 3. The van der Waals surface area contributed by atoms with Crippen LogP contribution in [0.1, 0.15) is 29.9 Å². The molecule has 1 aromatic heterocycles. The Hall–Kier alpha value is -2.61. The van der Waals surface area contributed by atoms with Gasteiger partial charge in [-0.05, 0) is 26.0 Å². The van der Waals surface area contributed by atoms with Crippen molar-refractivity contribution in [3.63, 3.8) is 0 Å². The standard InChI is InChI=1S/C14H14N4O/c1-10(2)17-14(19)12-9-16-18(13(12)8-15)11-6-4-3-5-7-11/h3-7,9-10H,1-2H3,(H,17,19). The first kappa shape index (κ1) is 12.8. The summed E-state index contributed by atoms with van der Waals surface area (Å²) in [5, 5.41) is 16.1. The van der Waals surface area contributed by atoms with Crippen LogP contribution in [0.3, 0.4) is 0 Å². The highest BCUT2D eigenvalue weighted by Crippen LogP contribution is 2.14. The molecule has 19 heavy (non-hydrogen) atoms. The van der Waals surface area contributed by atoms with Crippen molar-refractivity contribution in [2.24, 2.45) is 0 Å². The highest BCUT2D eigenvalue weighted by atomic mass is 16.1. The predicted molar refractivity (Wildman–Crippen MR) is 70.9 cm³/mol. The van der Waals surface area contributed by atoms with Gasteiger partial charge in [-0.1, -0.05) is 18.2 Å². The molecule has 0 unspecified atom stereocenters. The van der Waals surface area contributed by atoms with E-state index in [-0.39, 0.29) is 17.6 Å². The SMILES string of the molecule is CC(C)NC(=O)c1cnn(-c2ccccc2)c1C#N. The van der Waals surface area contributed by atoms with Crippen molar-refractivity contribution in [1.29, 1.82) is 5.26 Å². The van der Waals surface area contributed by atoms with Crippen LogP contribution in [0, 0.1) is 11.3 Å². The fourth-order valence-corrected chi connectivity index (χ4v) is 1.73. The van der Waals surface area contributed by atoms with Crippen molar-refractivity contribution in [3.05, 3.63) is 47.8 Å². The number of benzene rings is 1. The van der Waals surface area contributed by atoms with E-state index >= 15 is 0 Å². The number of rotatable bonds is 3. The highest BCUT2D eigenvalue weighted by Gasteiger charge is 2.18. The number of carbonyl (C=O) groups excluding carboxylic acids is 1. The van der Waals surface area contributed by atoms with Gasteiger partial charge in [0.05, 0.1) is 17.4 Å². The van der Waals surface area contributed by atoms with Gasteiger partial charge in [0.25, 0.3) is 5.91 Å². The molecule has 2 aromatic rings. The molecular weight excluding hydrogens is 240 g/mol. The normalized spacial score (nSPS) is 10.2. The summed E-state index contributed by atoms with van der Waals surface area (Å²) in [6.45, 7) is 3.73. The Morgan fingerprint density at radius 1 is 1.37 bits per heavy atom. The Morgan fingerprint density at radius 2 is 2.05 bits per heavy atom. The lowest BCUT2D eigenvalue weighted by atomic mass is 10.2. The van der Waals surface area contributed by atoms with Gasteiger partial charge >= 0.3 is 0 Å². The lowest BCUT2D eigenvalue weighted by Crippen LogP contribution is -2.30. The fourth-order valence-electron chi connectivity index (χ4n) is 1.73. The maximum Gasteiger partial charge on any atom is 0.256 e. The minimum Gasteiger partial charge on any atom is -0.350 e. The van der Waals surface area contributed by atoms with E-state index in [2.05, 4.69) is 10.4 Å². The van der Waals surface area contributed by atoms with Gasteiger partial charge in [0, 0.05) is 6.04 Å². The largest absolute Gasteiger partial charge is 0.350 e. The third-order valence-electron chi connectivity index (χ3n) is 2.54. The molecule has 1 amide bonds. The Balaban J connectivity index is 2.43. The second-order valence-electron chi connectivity index (χ2n) is 4.39. The van der Waals surface area contributed by atoms with E-state index in [0.717, 1.165) is 5.69 Å². The van der Waals surface area contributed by atoms with Gasteiger partial charge in [0.15, 0.2) is 5.69 Å². The average molecular weight is 254 g/mol. The van der Waals surface area contributed by atoms with Crippen molar-refractivity contribution in [3.8, 4) is 11.8 Å². The van der Waals surface area contributed by atoms with Crippen LogP contribution < -0.4 is 5.32 Å². The summed E-state index contributed by atoms with van der Waals surface area (Å²) in [4.78, 5) is 12.0. The zero-order valence-electron chi connectivity index (χ0n) is 10.8. The number of hydrogen-bond donors (Lipinski definition) is 1. The Kier molecular flexibility index (Phi) is 3.62. The molecule has 1 aromatic carbocycles. The lowest BCUT2D eigenvalue weighted by Gasteiger charge is -2.07. The van der Waals surface area contributed by atoms with E-state index in [1.165, 1.54) is 10.9 Å². The van der Waals surface area contributed by atoms with E-state index in [0.29, 0.717) is 5.56 Å². The Morgan fingerprint density at radius 3 is 2.63 bits per heavy atom. The molecule has 0 saturated heterocycles. The van der Waals surface area contributed by atoms with Gasteiger partial charge in [0.2, 0.25) is 0 Å². The first-order valence-corrected chi connectivity index (χ1v) is 5.98. The van der Waals surface area contributed by atoms with E-state index in [1.54, 1.807) is 0 Å². The summed E-state index contributed by atoms with van der Waals surface area (Å²) in [5.74, 6) is -0.284. The van der Waals surface area contributed by atoms with Crippen LogP contribution in [0.5, 0.6) is 0 Å². The summed E-state index contributed by atoms with van der Waals surface area (Å²) >= 11 is 0. The molecule has 0 aliphatic carbocycles. The van der Waals surface area contributed by atoms with Gasteiger partial charge in [-0.25, -0.2) is 4.68 Å². The number of carbonyl (C=O) groups is 1. The van der Waals surface area contributed by atoms with Crippen LogP contribution in [0.2, 0.25) is 0 Å². The van der Waals surface area contributed by atoms with Gasteiger partial charge < -0.3 is 5.32 Å². The summed E-state index contributed by atoms with van der Waals surface area (Å²) in [6.07, 6.45) is 1.42. The summed E-state index contributed by atoms with van der Waals surface area (Å²) < 4.78 is 1.47. The number of amides is 1. The molecule has 2 rings (SSSR count). The maximum absolute atomic E-state index is 12.0. The van der Waals surface area contributed by atoms with Crippen LogP contribution in [0.15, 0.2) is 36.5 Å². The zero-order chi connectivity index (χ0) is 13.8. The number of para-hydroxylation sites is 1. The molecule has 1 heterocycles. The third kappa shape index (κ3) is 2.63. The first-order valence-electron chi connectivity index (χ1n) is 5.98.